The van der Waals surface area contributed by atoms with Crippen LogP contribution in [0.5, 0.6) is 0 Å². The maximum absolute atomic E-state index is 12.8. The van der Waals surface area contributed by atoms with Crippen molar-refractivity contribution in [1.82, 2.24) is 9.21 Å². The lowest BCUT2D eigenvalue weighted by molar-refractivity contribution is -0.0979. The lowest BCUT2D eigenvalue weighted by Gasteiger charge is -2.61. The smallest absolute Gasteiger partial charge is 0.243 e. The molecule has 0 bridgehead atoms. The van der Waals surface area contributed by atoms with Crippen LogP contribution in [0.2, 0.25) is 0 Å². The largest absolute Gasteiger partial charge is 0.295 e. The summed E-state index contributed by atoms with van der Waals surface area (Å²) in [4.78, 5) is 2.87. The van der Waals surface area contributed by atoms with Crippen LogP contribution in [0.1, 0.15) is 24.1 Å². The first-order valence-electron chi connectivity index (χ1n) is 10.2. The van der Waals surface area contributed by atoms with Crippen molar-refractivity contribution in [3.05, 3.63) is 77.9 Å². The van der Waals surface area contributed by atoms with E-state index in [1.54, 1.807) is 16.4 Å². The molecule has 150 valence electrons. The average molecular weight is 407 g/mol. The van der Waals surface area contributed by atoms with E-state index >= 15 is 0 Å². The molecule has 2 fully saturated rings. The van der Waals surface area contributed by atoms with Gasteiger partial charge >= 0.3 is 0 Å². The third kappa shape index (κ3) is 3.08. The number of hydrogen-bond acceptors (Lipinski definition) is 3. The summed E-state index contributed by atoms with van der Waals surface area (Å²) in [6.07, 6.45) is 0. The van der Waals surface area contributed by atoms with Crippen molar-refractivity contribution in [3.8, 4) is 0 Å². The molecule has 5 heteroatoms. The van der Waals surface area contributed by atoms with Gasteiger partial charge in [-0.05, 0) is 42.3 Å². The summed E-state index contributed by atoms with van der Waals surface area (Å²) < 4.78 is 27.3. The molecule has 1 spiro atoms. The number of sulfonamides is 1. The van der Waals surface area contributed by atoms with Crippen LogP contribution in [0.15, 0.2) is 71.6 Å². The lowest BCUT2D eigenvalue weighted by Crippen LogP contribution is -2.72. The van der Waals surface area contributed by atoms with Crippen molar-refractivity contribution >= 4 is 20.8 Å². The Hall–Kier alpha value is -2.21. The summed E-state index contributed by atoms with van der Waals surface area (Å²) in [5, 5.41) is 2.58. The first-order valence-corrected chi connectivity index (χ1v) is 11.6. The molecule has 5 rings (SSSR count). The maximum Gasteiger partial charge on any atom is 0.243 e. The predicted octanol–water partition coefficient (Wildman–Crippen LogP) is 4.22. The van der Waals surface area contributed by atoms with Gasteiger partial charge in [0.1, 0.15) is 0 Å². The van der Waals surface area contributed by atoms with Crippen LogP contribution >= 0.6 is 0 Å². The van der Waals surface area contributed by atoms with Gasteiger partial charge in [-0.3, -0.25) is 4.90 Å². The Morgan fingerprint density at radius 1 is 0.862 bits per heavy atom. The van der Waals surface area contributed by atoms with E-state index in [4.69, 9.17) is 0 Å². The number of benzene rings is 3. The molecule has 2 heterocycles. The minimum atomic E-state index is -3.37. The van der Waals surface area contributed by atoms with Crippen LogP contribution in [0.3, 0.4) is 0 Å². The molecule has 2 aliphatic rings. The summed E-state index contributed by atoms with van der Waals surface area (Å²) >= 11 is 0. The second-order valence-electron chi connectivity index (χ2n) is 8.74. The number of aryl methyl sites for hydroxylation is 1. The molecule has 0 aliphatic carbocycles. The van der Waals surface area contributed by atoms with Gasteiger partial charge < -0.3 is 0 Å². The summed E-state index contributed by atoms with van der Waals surface area (Å²) in [7, 11) is -3.37. The molecule has 2 saturated heterocycles. The fourth-order valence-electron chi connectivity index (χ4n) is 4.83. The van der Waals surface area contributed by atoms with Crippen molar-refractivity contribution < 1.29 is 8.42 Å². The highest BCUT2D eigenvalue weighted by molar-refractivity contribution is 7.89. The minimum absolute atomic E-state index is 0.122. The molecule has 0 radical (unpaired) electrons. The van der Waals surface area contributed by atoms with Gasteiger partial charge in [0.2, 0.25) is 10.0 Å². The van der Waals surface area contributed by atoms with E-state index in [-0.39, 0.29) is 5.41 Å². The van der Waals surface area contributed by atoms with Gasteiger partial charge in [-0.25, -0.2) is 8.42 Å². The SMILES string of the molecule is Cc1ccc(S(=O)(=O)N2CC3(CN([C@H](C)c4cccc5ccccc45)C3)C2)cc1. The fourth-order valence-corrected chi connectivity index (χ4v) is 6.50. The molecule has 3 aromatic carbocycles. The number of likely N-dealkylation sites (tertiary alicyclic amines) is 1. The molecular formula is C24H26N2O2S. The van der Waals surface area contributed by atoms with Crippen LogP contribution in [0.4, 0.5) is 0 Å². The van der Waals surface area contributed by atoms with Gasteiger partial charge in [-0.2, -0.15) is 4.31 Å². The summed E-state index contributed by atoms with van der Waals surface area (Å²) in [5.41, 5.74) is 2.54. The van der Waals surface area contributed by atoms with Gasteiger partial charge in [-0.15, -0.1) is 0 Å². The maximum atomic E-state index is 12.8. The molecule has 4 nitrogen and oxygen atoms in total. The van der Waals surface area contributed by atoms with E-state index in [1.807, 2.05) is 19.1 Å². The number of hydrogen-bond donors (Lipinski definition) is 0. The van der Waals surface area contributed by atoms with Gasteiger partial charge in [0.25, 0.3) is 0 Å². The predicted molar refractivity (Wildman–Crippen MR) is 116 cm³/mol. The van der Waals surface area contributed by atoms with Gasteiger partial charge in [0.05, 0.1) is 4.90 Å². The van der Waals surface area contributed by atoms with E-state index < -0.39 is 10.0 Å². The Balaban J connectivity index is 1.26. The minimum Gasteiger partial charge on any atom is -0.295 e. The third-order valence-corrected chi connectivity index (χ3v) is 8.39. The molecule has 0 amide bonds. The van der Waals surface area contributed by atoms with Crippen LogP contribution in [0.25, 0.3) is 10.8 Å². The van der Waals surface area contributed by atoms with Crippen molar-refractivity contribution in [2.75, 3.05) is 26.2 Å². The average Bonchev–Trinajstić information content (AvgIpc) is 2.65. The topological polar surface area (TPSA) is 40.6 Å². The molecule has 2 aliphatic heterocycles. The fraction of sp³-hybridized carbons (Fsp3) is 0.333. The summed E-state index contributed by atoms with van der Waals surface area (Å²) in [6.45, 7) is 7.39. The highest BCUT2D eigenvalue weighted by atomic mass is 32.2. The Labute approximate surface area is 172 Å². The van der Waals surface area contributed by atoms with E-state index in [2.05, 4.69) is 54.3 Å². The van der Waals surface area contributed by atoms with Gasteiger partial charge in [-0.1, -0.05) is 60.2 Å². The van der Waals surface area contributed by atoms with Crippen molar-refractivity contribution in [1.29, 1.82) is 0 Å². The van der Waals surface area contributed by atoms with Crippen LogP contribution in [0, 0.1) is 12.3 Å². The molecular weight excluding hydrogens is 380 g/mol. The first-order chi connectivity index (χ1) is 13.9. The molecule has 29 heavy (non-hydrogen) atoms. The van der Waals surface area contributed by atoms with Crippen LogP contribution in [-0.4, -0.2) is 43.8 Å². The number of fused-ring (bicyclic) bond motifs is 1. The van der Waals surface area contributed by atoms with E-state index in [0.717, 1.165) is 18.7 Å². The van der Waals surface area contributed by atoms with Crippen LogP contribution < -0.4 is 0 Å². The monoisotopic (exact) mass is 406 g/mol. The number of nitrogens with zero attached hydrogens (tertiary/aromatic N) is 2. The van der Waals surface area contributed by atoms with Crippen LogP contribution in [-0.2, 0) is 10.0 Å². The third-order valence-electron chi connectivity index (χ3n) is 6.58. The summed E-state index contributed by atoms with van der Waals surface area (Å²) in [6, 6.07) is 22.5. The normalized spacial score (nSPS) is 20.3. The zero-order chi connectivity index (χ0) is 20.2. The Morgan fingerprint density at radius 3 is 2.24 bits per heavy atom. The van der Waals surface area contributed by atoms with E-state index in [0.29, 0.717) is 24.0 Å². The highest BCUT2D eigenvalue weighted by Crippen LogP contribution is 2.45. The number of rotatable bonds is 4. The second kappa shape index (κ2) is 6.66. The lowest BCUT2D eigenvalue weighted by atomic mass is 9.73. The van der Waals surface area contributed by atoms with E-state index in [1.165, 1.54) is 16.3 Å². The Bertz CT molecular complexity index is 1150. The second-order valence-corrected chi connectivity index (χ2v) is 10.7. The van der Waals surface area contributed by atoms with Crippen molar-refractivity contribution in [2.45, 2.75) is 24.8 Å². The Morgan fingerprint density at radius 2 is 1.52 bits per heavy atom. The highest BCUT2D eigenvalue weighted by Gasteiger charge is 2.56. The molecule has 0 unspecified atom stereocenters. The standard InChI is InChI=1S/C24H26N2O2S/c1-18-10-12-21(13-11-18)29(27,28)26-16-24(17-26)14-25(15-24)19(2)22-9-5-7-20-6-3-4-8-23(20)22/h3-13,19H,14-17H2,1-2H3/t19-/m1/s1. The molecule has 3 aromatic rings. The zero-order valence-electron chi connectivity index (χ0n) is 16.9. The van der Waals surface area contributed by atoms with Crippen molar-refractivity contribution in [3.63, 3.8) is 0 Å². The molecule has 0 saturated carbocycles. The van der Waals surface area contributed by atoms with Crippen molar-refractivity contribution in [2.24, 2.45) is 5.41 Å². The first kappa shape index (κ1) is 18.8. The van der Waals surface area contributed by atoms with Gasteiger partial charge in [0, 0.05) is 37.6 Å². The van der Waals surface area contributed by atoms with E-state index in [9.17, 15) is 8.42 Å². The zero-order valence-corrected chi connectivity index (χ0v) is 17.7. The van der Waals surface area contributed by atoms with Gasteiger partial charge in [0.15, 0.2) is 0 Å². The molecule has 1 atom stereocenters. The Kier molecular flexibility index (Phi) is 4.32. The summed E-state index contributed by atoms with van der Waals surface area (Å²) in [5.74, 6) is 0. The quantitative estimate of drug-likeness (QED) is 0.651. The molecule has 0 N–H and O–H groups in total. The molecule has 0 aromatic heterocycles.